The number of carbonyl (C=O) groups is 8. The fourth-order valence-electron chi connectivity index (χ4n) is 5.67. The SMILES string of the molecule is C[C@H](NC(=O)CNC(=O)CNC(=O)[C@H](CCCCN(C)C)NC(=O)OC(C)(C)C)C(=O)N[C@@H](CCCCNC(=O)C(F)(F)F)C(=O)Nc1ccc2nc(C3=N[C@@H](C(=O)O)CS3)sc2c1. The molecule has 0 bridgehead atoms. The number of thioether (sulfide) groups is 1. The number of alkyl carbamates (subject to hydrolysis) is 1. The lowest BCUT2D eigenvalue weighted by molar-refractivity contribution is -0.173. The molecule has 8 N–H and O–H groups in total. The van der Waals surface area contributed by atoms with Crippen molar-refractivity contribution >= 4 is 91.6 Å². The minimum Gasteiger partial charge on any atom is -0.480 e. The molecule has 64 heavy (non-hydrogen) atoms. The second-order valence-electron chi connectivity index (χ2n) is 15.9. The third kappa shape index (κ3) is 18.7. The number of aliphatic imine (C=N–C) groups is 1. The van der Waals surface area contributed by atoms with E-state index in [4.69, 9.17) is 4.74 Å². The number of carboxylic acid groups (broad SMARTS) is 1. The quantitative estimate of drug-likeness (QED) is 0.0741. The molecule has 0 saturated carbocycles. The van der Waals surface area contributed by atoms with Crippen molar-refractivity contribution in [3.63, 3.8) is 0 Å². The lowest BCUT2D eigenvalue weighted by Gasteiger charge is -2.23. The Bertz CT molecular complexity index is 2040. The van der Waals surface area contributed by atoms with Gasteiger partial charge in [-0.1, -0.05) is 0 Å². The number of aliphatic carboxylic acids is 1. The van der Waals surface area contributed by atoms with Crippen LogP contribution in [0.25, 0.3) is 10.2 Å². The van der Waals surface area contributed by atoms with E-state index in [2.05, 4.69) is 41.9 Å². The number of thiazole rings is 1. The Morgan fingerprint density at radius 1 is 0.859 bits per heavy atom. The van der Waals surface area contributed by atoms with Gasteiger partial charge >= 0.3 is 24.1 Å². The maximum Gasteiger partial charge on any atom is 0.471 e. The van der Waals surface area contributed by atoms with E-state index in [9.17, 15) is 56.6 Å². The first-order valence-electron chi connectivity index (χ1n) is 20.2. The summed E-state index contributed by atoms with van der Waals surface area (Å²) in [5.41, 5.74) is 0.0442. The molecule has 0 unspecified atom stereocenters. The minimum absolute atomic E-state index is 0.0197. The Balaban J connectivity index is 1.58. The number of fused-ring (bicyclic) bond motifs is 1. The number of anilines is 1. The van der Waals surface area contributed by atoms with Crippen molar-refractivity contribution in [1.29, 1.82) is 0 Å². The maximum absolute atomic E-state index is 13.5. The van der Waals surface area contributed by atoms with Crippen molar-refractivity contribution in [3.05, 3.63) is 23.2 Å². The van der Waals surface area contributed by atoms with Crippen molar-refractivity contribution in [2.24, 2.45) is 4.99 Å². The first-order valence-corrected chi connectivity index (χ1v) is 22.0. The number of ether oxygens (including phenoxy) is 1. The molecule has 0 saturated heterocycles. The monoisotopic (exact) mass is 944 g/mol. The van der Waals surface area contributed by atoms with Gasteiger partial charge in [-0.25, -0.2) is 14.6 Å². The van der Waals surface area contributed by atoms with Crippen LogP contribution in [0.1, 0.15) is 71.2 Å². The molecule has 2 aromatic rings. The summed E-state index contributed by atoms with van der Waals surface area (Å²) in [6.07, 6.45) is -4.26. The summed E-state index contributed by atoms with van der Waals surface area (Å²) < 4.78 is 43.7. The molecule has 0 fully saturated rings. The summed E-state index contributed by atoms with van der Waals surface area (Å²) in [5.74, 6) is -6.62. The molecule has 0 radical (unpaired) electrons. The van der Waals surface area contributed by atoms with Crippen LogP contribution < -0.4 is 37.2 Å². The van der Waals surface area contributed by atoms with Crippen molar-refractivity contribution in [1.82, 2.24) is 41.8 Å². The van der Waals surface area contributed by atoms with E-state index in [1.807, 2.05) is 19.0 Å². The number of hydrogen-bond acceptors (Lipinski definition) is 14. The Hall–Kier alpha value is -5.56. The molecule has 0 aliphatic carbocycles. The van der Waals surface area contributed by atoms with Crippen LogP contribution >= 0.6 is 23.1 Å². The third-order valence-electron chi connectivity index (χ3n) is 8.87. The molecule has 1 aromatic heterocycles. The zero-order chi connectivity index (χ0) is 47.8. The van der Waals surface area contributed by atoms with Crippen molar-refractivity contribution in [3.8, 4) is 0 Å². The second kappa shape index (κ2) is 24.5. The van der Waals surface area contributed by atoms with Gasteiger partial charge in [0.25, 0.3) is 0 Å². The lowest BCUT2D eigenvalue weighted by atomic mass is 10.1. The highest BCUT2D eigenvalue weighted by Crippen LogP contribution is 2.31. The number of nitrogens with one attached hydrogen (secondary N) is 7. The van der Waals surface area contributed by atoms with Crippen LogP contribution in [0.4, 0.5) is 23.7 Å². The van der Waals surface area contributed by atoms with Crippen LogP contribution in [0.15, 0.2) is 23.2 Å². The summed E-state index contributed by atoms with van der Waals surface area (Å²) in [7, 11) is 3.80. The highest BCUT2D eigenvalue weighted by atomic mass is 32.2. The van der Waals surface area contributed by atoms with Crippen molar-refractivity contribution in [2.45, 2.75) is 102 Å². The van der Waals surface area contributed by atoms with Crippen LogP contribution in [0, 0.1) is 0 Å². The fraction of sp³-hybridized carbons (Fsp3) is 0.590. The highest BCUT2D eigenvalue weighted by molar-refractivity contribution is 8.15. The first kappa shape index (κ1) is 52.8. The minimum atomic E-state index is -5.07. The predicted octanol–water partition coefficient (Wildman–Crippen LogP) is 1.88. The lowest BCUT2D eigenvalue weighted by Crippen LogP contribution is -2.53. The zero-order valence-electron chi connectivity index (χ0n) is 36.2. The molecular formula is C39H55F3N10O10S2. The molecule has 354 valence electrons. The van der Waals surface area contributed by atoms with E-state index < -0.39 is 96.5 Å². The molecule has 25 heteroatoms. The Morgan fingerprint density at radius 3 is 2.14 bits per heavy atom. The fourth-order valence-corrected chi connectivity index (χ4v) is 7.77. The number of unbranched alkanes of at least 4 members (excludes halogenated alkanes) is 2. The average Bonchev–Trinajstić information content (AvgIpc) is 3.86. The number of benzene rings is 1. The number of carboxylic acids is 1. The number of alkyl halides is 3. The van der Waals surface area contributed by atoms with Gasteiger partial charge in [-0.05, 0) is 105 Å². The van der Waals surface area contributed by atoms with Gasteiger partial charge in [0.05, 0.1) is 23.3 Å². The number of amides is 7. The van der Waals surface area contributed by atoms with Crippen LogP contribution in [0.2, 0.25) is 0 Å². The maximum atomic E-state index is 13.5. The van der Waals surface area contributed by atoms with Gasteiger partial charge in [-0.15, -0.1) is 23.1 Å². The molecule has 1 aliphatic heterocycles. The molecule has 2 heterocycles. The van der Waals surface area contributed by atoms with Gasteiger partial charge in [-0.2, -0.15) is 13.2 Å². The van der Waals surface area contributed by atoms with Gasteiger partial charge in [-0.3, -0.25) is 33.8 Å². The number of hydrogen-bond donors (Lipinski definition) is 8. The number of nitrogens with zero attached hydrogens (tertiary/aromatic N) is 3. The van der Waals surface area contributed by atoms with E-state index in [1.165, 1.54) is 30.0 Å². The molecule has 1 aliphatic rings. The Kier molecular flexibility index (Phi) is 20.2. The standard InChI is InChI=1S/C39H55F3N10O10S2/c1-21(46-29(54)19-44-28(53)18-45-31(56)24(12-8-10-16-52(5)6)51-37(61)62-38(2,3)4)30(55)48-25(11-7-9-15-43-36(60)39(40,41)42)32(57)47-22-13-14-23-27(17-22)64-34(49-23)33-50-26(20-63-33)35(58)59/h13-14,17,21,24-26H,7-12,15-16,18-20H2,1-6H3,(H,43,60)(H,44,53)(H,45,56)(H,46,54)(H,47,57)(H,48,55)(H,51,61)(H,58,59)/t21-,24-,25-,26+/m0/s1. The first-order chi connectivity index (χ1) is 29.9. The summed E-state index contributed by atoms with van der Waals surface area (Å²) >= 11 is 2.48. The van der Waals surface area contributed by atoms with Gasteiger partial charge in [0.15, 0.2) is 6.04 Å². The number of carbonyl (C=O) groups excluding carboxylic acids is 7. The Morgan fingerprint density at radius 2 is 1.52 bits per heavy atom. The van der Waals surface area contributed by atoms with Gasteiger partial charge in [0.1, 0.15) is 33.8 Å². The van der Waals surface area contributed by atoms with Crippen LogP contribution in [0.3, 0.4) is 0 Å². The normalized spacial score (nSPS) is 15.3. The second-order valence-corrected chi connectivity index (χ2v) is 17.9. The predicted molar refractivity (Wildman–Crippen MR) is 233 cm³/mol. The van der Waals surface area contributed by atoms with Crippen LogP contribution in [-0.2, 0) is 38.3 Å². The van der Waals surface area contributed by atoms with Crippen molar-refractivity contribution < 1.29 is 61.4 Å². The van der Waals surface area contributed by atoms with Gasteiger partial charge in [0, 0.05) is 18.0 Å². The van der Waals surface area contributed by atoms with E-state index in [0.29, 0.717) is 32.4 Å². The zero-order valence-corrected chi connectivity index (χ0v) is 37.9. The van der Waals surface area contributed by atoms with E-state index in [-0.39, 0.29) is 38.0 Å². The number of halogens is 3. The summed E-state index contributed by atoms with van der Waals surface area (Å²) in [6, 6.07) is 0.385. The van der Waals surface area contributed by atoms with Gasteiger partial charge < -0.3 is 52.0 Å². The topological polar surface area (TPSA) is 279 Å². The van der Waals surface area contributed by atoms with E-state index in [0.717, 1.165) is 13.0 Å². The largest absolute Gasteiger partial charge is 0.480 e. The summed E-state index contributed by atoms with van der Waals surface area (Å²) in [6.45, 7) is 5.58. The summed E-state index contributed by atoms with van der Waals surface area (Å²) in [4.78, 5) is 111. The van der Waals surface area contributed by atoms with Crippen LogP contribution in [0.5, 0.6) is 0 Å². The van der Waals surface area contributed by atoms with E-state index in [1.54, 1.807) is 44.3 Å². The number of rotatable bonds is 23. The molecule has 3 rings (SSSR count). The highest BCUT2D eigenvalue weighted by Gasteiger charge is 2.38. The molecular weight excluding hydrogens is 890 g/mol. The molecule has 7 amide bonds. The molecule has 20 nitrogen and oxygen atoms in total. The Labute approximate surface area is 375 Å². The molecule has 1 aromatic carbocycles. The van der Waals surface area contributed by atoms with E-state index >= 15 is 0 Å². The number of aromatic nitrogens is 1. The van der Waals surface area contributed by atoms with Crippen molar-refractivity contribution in [2.75, 3.05) is 51.3 Å². The summed E-state index contributed by atoms with van der Waals surface area (Å²) in [5, 5.41) is 26.9. The third-order valence-corrected chi connectivity index (χ3v) is 11.1. The molecule has 4 atom stereocenters. The average molecular weight is 945 g/mol. The van der Waals surface area contributed by atoms with Gasteiger partial charge in [0.2, 0.25) is 29.5 Å². The van der Waals surface area contributed by atoms with Crippen LogP contribution in [-0.4, -0.2) is 150 Å². The smallest absolute Gasteiger partial charge is 0.471 e. The molecule has 0 spiro atoms.